The van der Waals surface area contributed by atoms with Crippen LogP contribution < -0.4 is 10.2 Å². The minimum atomic E-state index is 0.273. The highest BCUT2D eigenvalue weighted by atomic mass is 16.2. The van der Waals surface area contributed by atoms with Crippen molar-refractivity contribution in [1.82, 2.24) is 5.32 Å². The number of carbonyl (C=O) groups excluding carboxylic acids is 1. The molecule has 3 rings (SSSR count). The average Bonchev–Trinajstić information content (AvgIpc) is 3.18. The first-order chi connectivity index (χ1) is 9.63. The third-order valence-corrected chi connectivity index (χ3v) is 4.65. The lowest BCUT2D eigenvalue weighted by molar-refractivity contribution is -0.122. The average molecular weight is 272 g/mol. The van der Waals surface area contributed by atoms with E-state index in [9.17, 15) is 4.79 Å². The molecule has 0 spiro atoms. The largest absolute Gasteiger partial charge is 0.371 e. The molecule has 1 aliphatic carbocycles. The fraction of sp³-hybridized carbons (Fsp3) is 0.588. The summed E-state index contributed by atoms with van der Waals surface area (Å²) < 4.78 is 0. The van der Waals surface area contributed by atoms with Crippen molar-refractivity contribution in [1.29, 1.82) is 0 Å². The second-order valence-electron chi connectivity index (χ2n) is 6.39. The van der Waals surface area contributed by atoms with Gasteiger partial charge in [-0.15, -0.1) is 0 Å². The third-order valence-electron chi connectivity index (χ3n) is 4.65. The van der Waals surface area contributed by atoms with E-state index in [1.807, 2.05) is 0 Å². The minimum Gasteiger partial charge on any atom is -0.371 e. The molecule has 108 valence electrons. The topological polar surface area (TPSA) is 32.3 Å². The second-order valence-corrected chi connectivity index (χ2v) is 6.39. The Hall–Kier alpha value is -1.51. The van der Waals surface area contributed by atoms with Crippen molar-refractivity contribution in [2.45, 2.75) is 33.1 Å². The Morgan fingerprint density at radius 3 is 2.75 bits per heavy atom. The van der Waals surface area contributed by atoms with Crippen LogP contribution in [0.4, 0.5) is 5.69 Å². The quantitative estimate of drug-likeness (QED) is 0.914. The predicted octanol–water partition coefficient (Wildman–Crippen LogP) is 2.66. The molecule has 2 aliphatic rings. The molecule has 3 heteroatoms. The predicted molar refractivity (Wildman–Crippen MR) is 82.0 cm³/mol. The number of nitrogens with one attached hydrogen (secondary N) is 1. The molecule has 1 aromatic rings. The smallest absolute Gasteiger partial charge is 0.223 e. The van der Waals surface area contributed by atoms with Gasteiger partial charge in [-0.05, 0) is 62.3 Å². The summed E-state index contributed by atoms with van der Waals surface area (Å²) in [6.07, 6.45) is 3.36. The van der Waals surface area contributed by atoms with Gasteiger partial charge in [0, 0.05) is 31.2 Å². The van der Waals surface area contributed by atoms with E-state index in [0.29, 0.717) is 11.8 Å². The summed E-state index contributed by atoms with van der Waals surface area (Å²) in [6.45, 7) is 7.33. The number of aryl methyl sites for hydroxylation is 2. The fourth-order valence-corrected chi connectivity index (χ4v) is 2.89. The Labute approximate surface area is 121 Å². The zero-order valence-electron chi connectivity index (χ0n) is 12.5. The van der Waals surface area contributed by atoms with Crippen LogP contribution in [-0.4, -0.2) is 25.5 Å². The van der Waals surface area contributed by atoms with Crippen LogP contribution in [0.25, 0.3) is 0 Å². The SMILES string of the molecule is Cc1ccc(N2CCC(CNC(=O)C3CC3)C2)cc1C. The number of hydrogen-bond donors (Lipinski definition) is 1. The van der Waals surface area contributed by atoms with Crippen LogP contribution in [-0.2, 0) is 4.79 Å². The summed E-state index contributed by atoms with van der Waals surface area (Å²) in [4.78, 5) is 14.1. The standard InChI is InChI=1S/C17H24N2O/c1-12-3-6-16(9-13(12)2)19-8-7-14(11-19)10-18-17(20)15-4-5-15/h3,6,9,14-15H,4-5,7-8,10-11H2,1-2H3,(H,18,20). The van der Waals surface area contributed by atoms with E-state index < -0.39 is 0 Å². The molecule has 1 heterocycles. The molecule has 1 amide bonds. The zero-order valence-corrected chi connectivity index (χ0v) is 12.5. The van der Waals surface area contributed by atoms with Crippen molar-refractivity contribution >= 4 is 11.6 Å². The van der Waals surface area contributed by atoms with Crippen LogP contribution in [0.15, 0.2) is 18.2 Å². The van der Waals surface area contributed by atoms with Gasteiger partial charge in [-0.2, -0.15) is 0 Å². The molecular weight excluding hydrogens is 248 g/mol. The maximum atomic E-state index is 11.7. The van der Waals surface area contributed by atoms with Crippen LogP contribution in [0.2, 0.25) is 0 Å². The van der Waals surface area contributed by atoms with Crippen LogP contribution in [0.3, 0.4) is 0 Å². The van der Waals surface area contributed by atoms with Crippen molar-refractivity contribution in [3.8, 4) is 0 Å². The Morgan fingerprint density at radius 2 is 2.05 bits per heavy atom. The highest BCUT2D eigenvalue weighted by Crippen LogP contribution is 2.29. The lowest BCUT2D eigenvalue weighted by atomic mass is 10.1. The zero-order chi connectivity index (χ0) is 14.1. The maximum Gasteiger partial charge on any atom is 0.223 e. The highest BCUT2D eigenvalue weighted by Gasteiger charge is 2.30. The third kappa shape index (κ3) is 2.97. The highest BCUT2D eigenvalue weighted by molar-refractivity contribution is 5.80. The molecular formula is C17H24N2O. The van der Waals surface area contributed by atoms with Crippen molar-refractivity contribution in [3.63, 3.8) is 0 Å². The van der Waals surface area contributed by atoms with Gasteiger partial charge < -0.3 is 10.2 Å². The van der Waals surface area contributed by atoms with E-state index in [4.69, 9.17) is 0 Å². The molecule has 1 saturated carbocycles. The van der Waals surface area contributed by atoms with Crippen LogP contribution in [0.1, 0.15) is 30.4 Å². The molecule has 1 saturated heterocycles. The molecule has 2 fully saturated rings. The number of anilines is 1. The van der Waals surface area contributed by atoms with E-state index in [2.05, 4.69) is 42.3 Å². The first kappa shape index (κ1) is 13.5. The van der Waals surface area contributed by atoms with Gasteiger partial charge in [-0.25, -0.2) is 0 Å². The Morgan fingerprint density at radius 1 is 1.25 bits per heavy atom. The summed E-state index contributed by atoms with van der Waals surface area (Å²) in [7, 11) is 0. The maximum absolute atomic E-state index is 11.7. The molecule has 1 atom stereocenters. The summed E-state index contributed by atoms with van der Waals surface area (Å²) >= 11 is 0. The molecule has 0 radical (unpaired) electrons. The molecule has 1 aliphatic heterocycles. The van der Waals surface area contributed by atoms with Crippen LogP contribution in [0.5, 0.6) is 0 Å². The van der Waals surface area contributed by atoms with Crippen LogP contribution >= 0.6 is 0 Å². The minimum absolute atomic E-state index is 0.273. The van der Waals surface area contributed by atoms with Gasteiger partial charge in [0.05, 0.1) is 0 Å². The monoisotopic (exact) mass is 272 g/mol. The number of hydrogen-bond acceptors (Lipinski definition) is 2. The van der Waals surface area contributed by atoms with E-state index in [1.165, 1.54) is 23.2 Å². The number of benzene rings is 1. The lowest BCUT2D eigenvalue weighted by Gasteiger charge is -2.20. The van der Waals surface area contributed by atoms with Crippen molar-refractivity contribution in [3.05, 3.63) is 29.3 Å². The van der Waals surface area contributed by atoms with Gasteiger partial charge in [0.15, 0.2) is 0 Å². The summed E-state index contributed by atoms with van der Waals surface area (Å²) in [5.74, 6) is 1.20. The fourth-order valence-electron chi connectivity index (χ4n) is 2.89. The van der Waals surface area contributed by atoms with Gasteiger partial charge in [-0.3, -0.25) is 4.79 Å². The van der Waals surface area contributed by atoms with Gasteiger partial charge in [-0.1, -0.05) is 6.07 Å². The summed E-state index contributed by atoms with van der Waals surface area (Å²) in [6, 6.07) is 6.70. The Balaban J connectivity index is 1.53. The van der Waals surface area contributed by atoms with E-state index in [1.54, 1.807) is 0 Å². The molecule has 0 aromatic heterocycles. The Kier molecular flexibility index (Phi) is 3.68. The molecule has 20 heavy (non-hydrogen) atoms. The first-order valence-corrected chi connectivity index (χ1v) is 7.73. The van der Waals surface area contributed by atoms with Crippen LogP contribution in [0, 0.1) is 25.7 Å². The number of carbonyl (C=O) groups is 1. The van der Waals surface area contributed by atoms with E-state index in [-0.39, 0.29) is 5.91 Å². The Bertz CT molecular complexity index is 508. The van der Waals surface area contributed by atoms with Gasteiger partial charge >= 0.3 is 0 Å². The van der Waals surface area contributed by atoms with Crippen molar-refractivity contribution in [2.24, 2.45) is 11.8 Å². The van der Waals surface area contributed by atoms with E-state index >= 15 is 0 Å². The normalized spacial score (nSPS) is 22.1. The number of nitrogens with zero attached hydrogens (tertiary/aromatic N) is 1. The number of amides is 1. The lowest BCUT2D eigenvalue weighted by Crippen LogP contribution is -2.31. The molecule has 1 aromatic carbocycles. The van der Waals surface area contributed by atoms with Crippen molar-refractivity contribution in [2.75, 3.05) is 24.5 Å². The van der Waals surface area contributed by atoms with Gasteiger partial charge in [0.25, 0.3) is 0 Å². The van der Waals surface area contributed by atoms with Gasteiger partial charge in [0.1, 0.15) is 0 Å². The van der Waals surface area contributed by atoms with E-state index in [0.717, 1.165) is 32.5 Å². The molecule has 3 nitrogen and oxygen atoms in total. The van der Waals surface area contributed by atoms with Crippen molar-refractivity contribution < 1.29 is 4.79 Å². The molecule has 0 bridgehead atoms. The van der Waals surface area contributed by atoms with Gasteiger partial charge in [0.2, 0.25) is 5.91 Å². The first-order valence-electron chi connectivity index (χ1n) is 7.73. The molecule has 1 N–H and O–H groups in total. The second kappa shape index (κ2) is 5.47. The molecule has 1 unspecified atom stereocenters. The summed E-state index contributed by atoms with van der Waals surface area (Å²) in [5, 5.41) is 3.11. The number of rotatable bonds is 4. The summed E-state index contributed by atoms with van der Waals surface area (Å²) in [5.41, 5.74) is 4.03.